The number of likely N-dealkylation sites (tertiary alicyclic amines) is 1. The second-order valence-corrected chi connectivity index (χ2v) is 6.91. The Labute approximate surface area is 162 Å². The van der Waals surface area contributed by atoms with Crippen LogP contribution in [0.2, 0.25) is 0 Å². The predicted octanol–water partition coefficient (Wildman–Crippen LogP) is 1.60. The van der Waals surface area contributed by atoms with E-state index in [4.69, 9.17) is 14.2 Å². The van der Waals surface area contributed by atoms with Crippen LogP contribution in [0.5, 0.6) is 11.5 Å². The van der Waals surface area contributed by atoms with E-state index in [1.807, 2.05) is 0 Å². The molecule has 1 aromatic carbocycles. The van der Waals surface area contributed by atoms with Crippen LogP contribution in [0.25, 0.3) is 0 Å². The Morgan fingerprint density at radius 3 is 2.25 bits per heavy atom. The third-order valence-electron chi connectivity index (χ3n) is 5.29. The number of carbonyl (C=O) groups excluding carboxylic acids is 4. The van der Waals surface area contributed by atoms with E-state index in [1.54, 1.807) is 12.1 Å². The van der Waals surface area contributed by atoms with E-state index in [2.05, 4.69) is 0 Å². The SMILES string of the molecule is COc1ccc(OC)c(C(=O)COC(=O)CN2C(=O)[C@@H]3CCCC[C@H]3C2=O)c1. The zero-order valence-electron chi connectivity index (χ0n) is 15.9. The molecule has 0 aromatic heterocycles. The number of imide groups is 1. The molecule has 8 nitrogen and oxygen atoms in total. The van der Waals surface area contributed by atoms with Crippen LogP contribution in [-0.2, 0) is 19.1 Å². The van der Waals surface area contributed by atoms with E-state index in [1.165, 1.54) is 20.3 Å². The highest BCUT2D eigenvalue weighted by molar-refractivity contribution is 6.07. The monoisotopic (exact) mass is 389 g/mol. The van der Waals surface area contributed by atoms with E-state index in [-0.39, 0.29) is 29.2 Å². The zero-order valence-corrected chi connectivity index (χ0v) is 15.9. The van der Waals surface area contributed by atoms with Crippen LogP contribution in [0.4, 0.5) is 0 Å². The molecule has 0 N–H and O–H groups in total. The smallest absolute Gasteiger partial charge is 0.326 e. The van der Waals surface area contributed by atoms with Crippen molar-refractivity contribution in [2.75, 3.05) is 27.4 Å². The summed E-state index contributed by atoms with van der Waals surface area (Å²) < 4.78 is 15.3. The number of nitrogens with zero attached hydrogens (tertiary/aromatic N) is 1. The number of hydrogen-bond donors (Lipinski definition) is 0. The normalized spacial score (nSPS) is 21.3. The van der Waals surface area contributed by atoms with Crippen LogP contribution in [-0.4, -0.2) is 55.8 Å². The summed E-state index contributed by atoms with van der Waals surface area (Å²) in [5.41, 5.74) is 0.217. The van der Waals surface area contributed by atoms with Crippen molar-refractivity contribution < 1.29 is 33.4 Å². The fraction of sp³-hybridized carbons (Fsp3) is 0.500. The topological polar surface area (TPSA) is 99.2 Å². The highest BCUT2D eigenvalue weighted by atomic mass is 16.5. The van der Waals surface area contributed by atoms with Gasteiger partial charge in [0.05, 0.1) is 31.6 Å². The molecule has 1 saturated carbocycles. The summed E-state index contributed by atoms with van der Waals surface area (Å²) in [4.78, 5) is 50.3. The van der Waals surface area contributed by atoms with Crippen LogP contribution in [0.15, 0.2) is 18.2 Å². The summed E-state index contributed by atoms with van der Waals surface area (Å²) in [6.45, 7) is -0.987. The standard InChI is InChI=1S/C20H23NO7/c1-26-12-7-8-17(27-2)15(9-12)16(22)11-28-18(23)10-21-19(24)13-5-3-4-6-14(13)20(21)25/h7-9,13-14H,3-6,10-11H2,1-2H3/t13-,14-/m1/s1. The van der Waals surface area contributed by atoms with Gasteiger partial charge >= 0.3 is 5.97 Å². The maximum absolute atomic E-state index is 12.4. The lowest BCUT2D eigenvalue weighted by atomic mass is 9.81. The molecule has 0 radical (unpaired) electrons. The van der Waals surface area contributed by atoms with Crippen molar-refractivity contribution in [3.05, 3.63) is 23.8 Å². The third kappa shape index (κ3) is 3.85. The number of Topliss-reactive ketones (excluding diaryl/α,β-unsaturated/α-hetero) is 1. The Balaban J connectivity index is 1.59. The molecule has 1 aromatic rings. The Kier molecular flexibility index (Phi) is 5.96. The second-order valence-electron chi connectivity index (χ2n) is 6.91. The lowest BCUT2D eigenvalue weighted by Gasteiger charge is -2.19. The fourth-order valence-corrected chi connectivity index (χ4v) is 3.82. The van der Waals surface area contributed by atoms with Crippen molar-refractivity contribution in [1.29, 1.82) is 0 Å². The molecule has 2 aliphatic rings. The highest BCUT2D eigenvalue weighted by Crippen LogP contribution is 2.37. The van der Waals surface area contributed by atoms with E-state index in [9.17, 15) is 19.2 Å². The summed E-state index contributed by atoms with van der Waals surface area (Å²) >= 11 is 0. The van der Waals surface area contributed by atoms with Crippen LogP contribution < -0.4 is 9.47 Å². The first-order chi connectivity index (χ1) is 13.5. The van der Waals surface area contributed by atoms with Gasteiger partial charge in [0.2, 0.25) is 17.6 Å². The summed E-state index contributed by atoms with van der Waals surface area (Å²) in [5.74, 6) is -1.75. The molecule has 2 amide bonds. The molecule has 1 aliphatic carbocycles. The second kappa shape index (κ2) is 8.41. The van der Waals surface area contributed by atoms with Crippen molar-refractivity contribution in [3.63, 3.8) is 0 Å². The lowest BCUT2D eigenvalue weighted by molar-refractivity contribution is -0.152. The average Bonchev–Trinajstić information content (AvgIpc) is 2.96. The lowest BCUT2D eigenvalue weighted by Crippen LogP contribution is -2.37. The molecule has 1 heterocycles. The van der Waals surface area contributed by atoms with Gasteiger partial charge in [-0.3, -0.25) is 24.1 Å². The summed E-state index contributed by atoms with van der Waals surface area (Å²) in [6.07, 6.45) is 3.18. The van der Waals surface area contributed by atoms with Gasteiger partial charge in [0.25, 0.3) is 0 Å². The molecule has 150 valence electrons. The number of carbonyl (C=O) groups is 4. The van der Waals surface area contributed by atoms with Crippen LogP contribution in [0, 0.1) is 11.8 Å². The number of esters is 1. The minimum Gasteiger partial charge on any atom is -0.497 e. The molecule has 8 heteroatoms. The summed E-state index contributed by atoms with van der Waals surface area (Å²) in [5, 5.41) is 0. The van der Waals surface area contributed by atoms with Crippen LogP contribution in [0.1, 0.15) is 36.0 Å². The average molecular weight is 389 g/mol. The van der Waals surface area contributed by atoms with Gasteiger partial charge in [-0.2, -0.15) is 0 Å². The highest BCUT2D eigenvalue weighted by Gasteiger charge is 2.48. The molecule has 1 aliphatic heterocycles. The number of ketones is 1. The van der Waals surface area contributed by atoms with Crippen molar-refractivity contribution in [2.24, 2.45) is 11.8 Å². The van der Waals surface area contributed by atoms with E-state index < -0.39 is 24.9 Å². The molecule has 2 atom stereocenters. The van der Waals surface area contributed by atoms with Gasteiger partial charge in [0.15, 0.2) is 6.61 Å². The molecule has 3 rings (SSSR count). The number of hydrogen-bond acceptors (Lipinski definition) is 7. The molecule has 0 unspecified atom stereocenters. The number of amides is 2. The minimum absolute atomic E-state index is 0.217. The molecular weight excluding hydrogens is 366 g/mol. The van der Waals surface area contributed by atoms with E-state index >= 15 is 0 Å². The zero-order chi connectivity index (χ0) is 20.3. The van der Waals surface area contributed by atoms with Gasteiger partial charge in [-0.1, -0.05) is 12.8 Å². The summed E-state index contributed by atoms with van der Waals surface area (Å²) in [7, 11) is 2.90. The first-order valence-corrected chi connectivity index (χ1v) is 9.22. The number of rotatable bonds is 7. The van der Waals surface area contributed by atoms with Gasteiger partial charge in [-0.05, 0) is 31.0 Å². The largest absolute Gasteiger partial charge is 0.497 e. The number of benzene rings is 1. The quantitative estimate of drug-likeness (QED) is 0.397. The molecule has 1 saturated heterocycles. The minimum atomic E-state index is -0.796. The van der Waals surface area contributed by atoms with Crippen molar-refractivity contribution in [2.45, 2.75) is 25.7 Å². The number of ether oxygens (including phenoxy) is 3. The number of fused-ring (bicyclic) bond motifs is 1. The Hall–Kier alpha value is -2.90. The first-order valence-electron chi connectivity index (χ1n) is 9.22. The van der Waals surface area contributed by atoms with Crippen molar-refractivity contribution in [1.82, 2.24) is 4.90 Å². The maximum Gasteiger partial charge on any atom is 0.326 e. The predicted molar refractivity (Wildman–Crippen MR) is 97.0 cm³/mol. The van der Waals surface area contributed by atoms with Crippen molar-refractivity contribution >= 4 is 23.6 Å². The molecular formula is C20H23NO7. The number of methoxy groups -OCH3 is 2. The van der Waals surface area contributed by atoms with Crippen LogP contribution >= 0.6 is 0 Å². The van der Waals surface area contributed by atoms with E-state index in [0.29, 0.717) is 24.3 Å². The van der Waals surface area contributed by atoms with Gasteiger partial charge in [-0.15, -0.1) is 0 Å². The van der Waals surface area contributed by atoms with Gasteiger partial charge in [-0.25, -0.2) is 0 Å². The molecule has 0 spiro atoms. The Bertz CT molecular complexity index is 780. The van der Waals surface area contributed by atoms with Gasteiger partial charge in [0.1, 0.15) is 18.0 Å². The Morgan fingerprint density at radius 2 is 1.68 bits per heavy atom. The van der Waals surface area contributed by atoms with Gasteiger partial charge in [0, 0.05) is 0 Å². The maximum atomic E-state index is 12.4. The fourth-order valence-electron chi connectivity index (χ4n) is 3.82. The Morgan fingerprint density at radius 1 is 1.04 bits per heavy atom. The molecule has 0 bridgehead atoms. The molecule has 28 heavy (non-hydrogen) atoms. The van der Waals surface area contributed by atoms with Crippen molar-refractivity contribution in [3.8, 4) is 11.5 Å². The summed E-state index contributed by atoms with van der Waals surface area (Å²) in [6, 6.07) is 4.72. The van der Waals surface area contributed by atoms with Crippen LogP contribution in [0.3, 0.4) is 0 Å². The first kappa shape index (κ1) is 19.9. The van der Waals surface area contributed by atoms with E-state index in [0.717, 1.165) is 17.7 Å². The van der Waals surface area contributed by atoms with Gasteiger partial charge < -0.3 is 14.2 Å². The molecule has 2 fully saturated rings. The third-order valence-corrected chi connectivity index (χ3v) is 5.29.